The summed E-state index contributed by atoms with van der Waals surface area (Å²) >= 11 is 0. The molecule has 3 amide bonds. The highest BCUT2D eigenvalue weighted by atomic mass is 16.2. The van der Waals surface area contributed by atoms with Gasteiger partial charge in [-0.15, -0.1) is 0 Å². The maximum absolute atomic E-state index is 12.1. The fraction of sp³-hybridized carbons (Fsp3) is 0.500. The summed E-state index contributed by atoms with van der Waals surface area (Å²) in [6.07, 6.45) is 2.98. The van der Waals surface area contributed by atoms with E-state index in [4.69, 9.17) is 5.73 Å². The van der Waals surface area contributed by atoms with E-state index in [1.165, 1.54) is 0 Å². The lowest BCUT2D eigenvalue weighted by molar-refractivity contribution is -0.123. The van der Waals surface area contributed by atoms with Gasteiger partial charge in [0.15, 0.2) is 0 Å². The number of primary amides is 1. The fourth-order valence-electron chi connectivity index (χ4n) is 2.35. The van der Waals surface area contributed by atoms with Gasteiger partial charge in [-0.1, -0.05) is 6.07 Å². The SMILES string of the molecule is CC(NC(=O)N1CCC(C(N)=O)CC1)c1ccccn1. The Bertz CT molecular complexity index is 469. The van der Waals surface area contributed by atoms with E-state index in [0.717, 1.165) is 5.69 Å². The van der Waals surface area contributed by atoms with Crippen LogP contribution in [0.4, 0.5) is 4.79 Å². The molecule has 108 valence electrons. The van der Waals surface area contributed by atoms with Crippen LogP contribution in [0.25, 0.3) is 0 Å². The molecule has 0 saturated carbocycles. The lowest BCUT2D eigenvalue weighted by atomic mass is 9.96. The van der Waals surface area contributed by atoms with E-state index in [9.17, 15) is 9.59 Å². The lowest BCUT2D eigenvalue weighted by Gasteiger charge is -2.31. The van der Waals surface area contributed by atoms with E-state index in [1.54, 1.807) is 11.1 Å². The number of carbonyl (C=O) groups excluding carboxylic acids is 2. The second-order valence-electron chi connectivity index (χ2n) is 5.09. The molecule has 1 saturated heterocycles. The molecule has 1 atom stereocenters. The van der Waals surface area contributed by atoms with E-state index in [1.807, 2.05) is 25.1 Å². The number of nitrogens with two attached hydrogens (primary N) is 1. The second kappa shape index (κ2) is 6.36. The Morgan fingerprint density at radius 1 is 1.40 bits per heavy atom. The molecule has 0 radical (unpaired) electrons. The number of nitrogens with one attached hydrogen (secondary N) is 1. The highest BCUT2D eigenvalue weighted by molar-refractivity contribution is 5.78. The molecule has 0 aromatic carbocycles. The highest BCUT2D eigenvalue weighted by Gasteiger charge is 2.26. The third kappa shape index (κ3) is 3.46. The molecule has 0 aliphatic carbocycles. The zero-order valence-corrected chi connectivity index (χ0v) is 11.6. The van der Waals surface area contributed by atoms with Gasteiger partial charge >= 0.3 is 6.03 Å². The first kappa shape index (κ1) is 14.3. The van der Waals surface area contributed by atoms with E-state index < -0.39 is 0 Å². The third-order valence-corrected chi connectivity index (χ3v) is 3.66. The molecule has 1 aromatic rings. The van der Waals surface area contributed by atoms with Crippen molar-refractivity contribution in [3.8, 4) is 0 Å². The number of amides is 3. The van der Waals surface area contributed by atoms with Crippen molar-refractivity contribution in [2.24, 2.45) is 11.7 Å². The van der Waals surface area contributed by atoms with Crippen molar-refractivity contribution in [3.63, 3.8) is 0 Å². The van der Waals surface area contributed by atoms with Crippen molar-refractivity contribution in [1.82, 2.24) is 15.2 Å². The van der Waals surface area contributed by atoms with Crippen molar-refractivity contribution < 1.29 is 9.59 Å². The Morgan fingerprint density at radius 2 is 2.10 bits per heavy atom. The minimum Gasteiger partial charge on any atom is -0.369 e. The first-order valence-corrected chi connectivity index (χ1v) is 6.83. The number of urea groups is 1. The van der Waals surface area contributed by atoms with Crippen LogP contribution in [0.15, 0.2) is 24.4 Å². The van der Waals surface area contributed by atoms with E-state index in [-0.39, 0.29) is 23.9 Å². The fourth-order valence-corrected chi connectivity index (χ4v) is 2.35. The summed E-state index contributed by atoms with van der Waals surface area (Å²) in [5, 5.41) is 2.92. The van der Waals surface area contributed by atoms with Crippen LogP contribution < -0.4 is 11.1 Å². The van der Waals surface area contributed by atoms with Gasteiger partial charge in [0, 0.05) is 25.2 Å². The van der Waals surface area contributed by atoms with Crippen LogP contribution in [-0.4, -0.2) is 34.9 Å². The standard InChI is InChI=1S/C14H20N4O2/c1-10(12-4-2-3-7-16-12)17-14(20)18-8-5-11(6-9-18)13(15)19/h2-4,7,10-11H,5-6,8-9H2,1H3,(H2,15,19)(H,17,20). The van der Waals surface area contributed by atoms with E-state index in [2.05, 4.69) is 10.3 Å². The molecular weight excluding hydrogens is 256 g/mol. The molecule has 6 heteroatoms. The molecule has 2 rings (SSSR count). The molecule has 0 bridgehead atoms. The Hall–Kier alpha value is -2.11. The molecule has 1 fully saturated rings. The average Bonchev–Trinajstić information content (AvgIpc) is 2.48. The van der Waals surface area contributed by atoms with Crippen molar-refractivity contribution in [3.05, 3.63) is 30.1 Å². The Kier molecular flexibility index (Phi) is 4.55. The van der Waals surface area contributed by atoms with Crippen LogP contribution in [0.1, 0.15) is 31.5 Å². The second-order valence-corrected chi connectivity index (χ2v) is 5.09. The third-order valence-electron chi connectivity index (χ3n) is 3.66. The van der Waals surface area contributed by atoms with Gasteiger partial charge in [0.05, 0.1) is 11.7 Å². The van der Waals surface area contributed by atoms with Crippen molar-refractivity contribution in [2.45, 2.75) is 25.8 Å². The molecule has 20 heavy (non-hydrogen) atoms. The summed E-state index contributed by atoms with van der Waals surface area (Å²) in [7, 11) is 0. The van der Waals surface area contributed by atoms with E-state index >= 15 is 0 Å². The number of piperidine rings is 1. The molecule has 6 nitrogen and oxygen atoms in total. The lowest BCUT2D eigenvalue weighted by Crippen LogP contribution is -2.46. The van der Waals surface area contributed by atoms with Gasteiger partial charge in [-0.2, -0.15) is 0 Å². The van der Waals surface area contributed by atoms with Crippen LogP contribution in [0.5, 0.6) is 0 Å². The Morgan fingerprint density at radius 3 is 2.65 bits per heavy atom. The summed E-state index contributed by atoms with van der Waals surface area (Å²) in [6.45, 7) is 3.03. The van der Waals surface area contributed by atoms with Gasteiger partial charge in [-0.05, 0) is 31.9 Å². The first-order chi connectivity index (χ1) is 9.58. The van der Waals surface area contributed by atoms with Gasteiger partial charge < -0.3 is 16.0 Å². The minimum atomic E-state index is -0.271. The smallest absolute Gasteiger partial charge is 0.317 e. The predicted octanol–water partition coefficient (Wildman–Crippen LogP) is 1.05. The molecule has 0 spiro atoms. The zero-order chi connectivity index (χ0) is 14.5. The maximum Gasteiger partial charge on any atom is 0.317 e. The van der Waals surface area contributed by atoms with Gasteiger partial charge in [-0.25, -0.2) is 4.79 Å². The molecule has 2 heterocycles. The molecule has 1 aromatic heterocycles. The number of hydrogen-bond donors (Lipinski definition) is 2. The number of aromatic nitrogens is 1. The zero-order valence-electron chi connectivity index (χ0n) is 11.6. The van der Waals surface area contributed by atoms with Crippen LogP contribution in [0.3, 0.4) is 0 Å². The molecular formula is C14H20N4O2. The summed E-state index contributed by atoms with van der Waals surface area (Å²) in [5.41, 5.74) is 6.11. The van der Waals surface area contributed by atoms with Gasteiger partial charge in [0.2, 0.25) is 5.91 Å². The molecule has 3 N–H and O–H groups in total. The number of likely N-dealkylation sites (tertiary alicyclic amines) is 1. The number of pyridine rings is 1. The number of hydrogen-bond acceptors (Lipinski definition) is 3. The van der Waals surface area contributed by atoms with Crippen LogP contribution in [-0.2, 0) is 4.79 Å². The maximum atomic E-state index is 12.1. The van der Waals surface area contributed by atoms with E-state index in [0.29, 0.717) is 25.9 Å². The van der Waals surface area contributed by atoms with Crippen molar-refractivity contribution >= 4 is 11.9 Å². The average molecular weight is 276 g/mol. The largest absolute Gasteiger partial charge is 0.369 e. The highest BCUT2D eigenvalue weighted by Crippen LogP contribution is 2.17. The topological polar surface area (TPSA) is 88.3 Å². The molecule has 1 unspecified atom stereocenters. The number of carbonyl (C=O) groups is 2. The van der Waals surface area contributed by atoms with Gasteiger partial charge in [0.1, 0.15) is 0 Å². The quantitative estimate of drug-likeness (QED) is 0.864. The summed E-state index contributed by atoms with van der Waals surface area (Å²) in [6, 6.07) is 5.35. The van der Waals surface area contributed by atoms with Crippen LogP contribution in [0, 0.1) is 5.92 Å². The van der Waals surface area contributed by atoms with Crippen LogP contribution >= 0.6 is 0 Å². The Balaban J connectivity index is 1.85. The number of rotatable bonds is 3. The van der Waals surface area contributed by atoms with Gasteiger partial charge in [-0.3, -0.25) is 9.78 Å². The summed E-state index contributed by atoms with van der Waals surface area (Å²) < 4.78 is 0. The monoisotopic (exact) mass is 276 g/mol. The molecule has 1 aliphatic rings. The van der Waals surface area contributed by atoms with Crippen molar-refractivity contribution in [1.29, 1.82) is 0 Å². The minimum absolute atomic E-state index is 0.104. The predicted molar refractivity (Wildman–Crippen MR) is 74.7 cm³/mol. The normalized spacial score (nSPS) is 17.6. The first-order valence-electron chi connectivity index (χ1n) is 6.83. The molecule has 1 aliphatic heterocycles. The van der Waals surface area contributed by atoms with Gasteiger partial charge in [0.25, 0.3) is 0 Å². The number of nitrogens with zero attached hydrogens (tertiary/aromatic N) is 2. The summed E-state index contributed by atoms with van der Waals surface area (Å²) in [5.74, 6) is -0.376. The summed E-state index contributed by atoms with van der Waals surface area (Å²) in [4.78, 5) is 29.2. The van der Waals surface area contributed by atoms with Crippen LogP contribution in [0.2, 0.25) is 0 Å². The van der Waals surface area contributed by atoms with Crippen molar-refractivity contribution in [2.75, 3.05) is 13.1 Å². The Labute approximate surface area is 118 Å².